The zero-order valence-corrected chi connectivity index (χ0v) is 11.6. The van der Waals surface area contributed by atoms with Gasteiger partial charge in [0.2, 0.25) is 0 Å². The molecule has 0 aliphatic carbocycles. The molecule has 1 aromatic carbocycles. The van der Waals surface area contributed by atoms with Gasteiger partial charge in [0, 0.05) is 23.4 Å². The third-order valence-electron chi connectivity index (χ3n) is 2.69. The van der Waals surface area contributed by atoms with Crippen molar-refractivity contribution in [1.82, 2.24) is 10.2 Å². The van der Waals surface area contributed by atoms with Gasteiger partial charge in [-0.25, -0.2) is 8.42 Å². The molecule has 0 bridgehead atoms. The molecule has 0 radical (unpaired) electrons. The van der Waals surface area contributed by atoms with Crippen molar-refractivity contribution in [2.75, 3.05) is 4.72 Å². The number of aryl methyl sites for hydroxylation is 1. The molecular weight excluding hydrogens is 284 g/mol. The maximum atomic E-state index is 12.2. The van der Waals surface area contributed by atoms with E-state index in [0.717, 1.165) is 0 Å². The molecule has 0 saturated heterocycles. The summed E-state index contributed by atoms with van der Waals surface area (Å²) in [6, 6.07) is 5.41. The van der Waals surface area contributed by atoms with E-state index in [4.69, 9.17) is 0 Å². The smallest absolute Gasteiger partial charge is 0.273 e. The molecule has 20 heavy (non-hydrogen) atoms. The fourth-order valence-corrected chi connectivity index (χ4v) is 3.01. The van der Waals surface area contributed by atoms with E-state index >= 15 is 0 Å². The second-order valence-corrected chi connectivity index (χ2v) is 5.85. The quantitative estimate of drug-likeness (QED) is 0.658. The normalized spacial score (nSPS) is 11.3. The molecule has 2 rings (SSSR count). The fourth-order valence-electron chi connectivity index (χ4n) is 1.75. The first kappa shape index (κ1) is 14.0. The monoisotopic (exact) mass is 296 g/mol. The van der Waals surface area contributed by atoms with Gasteiger partial charge in [0.25, 0.3) is 15.7 Å². The number of H-pyrrole nitrogens is 1. The molecule has 0 unspecified atom stereocenters. The lowest BCUT2D eigenvalue weighted by molar-refractivity contribution is -0.385. The number of rotatable bonds is 4. The van der Waals surface area contributed by atoms with Crippen LogP contribution in [0.1, 0.15) is 11.3 Å². The van der Waals surface area contributed by atoms with Crippen molar-refractivity contribution in [3.8, 4) is 0 Å². The lowest BCUT2D eigenvalue weighted by Gasteiger charge is -2.08. The third-order valence-corrected chi connectivity index (χ3v) is 4.19. The number of aromatic amines is 1. The molecule has 2 N–H and O–H groups in total. The lowest BCUT2D eigenvalue weighted by Crippen LogP contribution is -2.15. The molecule has 8 nitrogen and oxygen atoms in total. The predicted molar refractivity (Wildman–Crippen MR) is 72.0 cm³/mol. The summed E-state index contributed by atoms with van der Waals surface area (Å²) in [6.07, 6.45) is 0. The fraction of sp³-hybridized carbons (Fsp3) is 0.182. The topological polar surface area (TPSA) is 118 Å². The van der Waals surface area contributed by atoms with Crippen LogP contribution in [-0.4, -0.2) is 23.5 Å². The van der Waals surface area contributed by atoms with Gasteiger partial charge in [-0.15, -0.1) is 0 Å². The van der Waals surface area contributed by atoms with Crippen LogP contribution in [0.4, 0.5) is 11.5 Å². The van der Waals surface area contributed by atoms with Gasteiger partial charge in [-0.1, -0.05) is 6.07 Å². The zero-order chi connectivity index (χ0) is 14.9. The average molecular weight is 296 g/mol. The first-order chi connectivity index (χ1) is 9.31. The van der Waals surface area contributed by atoms with E-state index in [1.54, 1.807) is 6.92 Å². The van der Waals surface area contributed by atoms with Gasteiger partial charge in [-0.2, -0.15) is 5.10 Å². The van der Waals surface area contributed by atoms with Crippen molar-refractivity contribution in [2.24, 2.45) is 0 Å². The molecule has 0 amide bonds. The molecule has 0 spiro atoms. The Hall–Kier alpha value is -2.42. The van der Waals surface area contributed by atoms with Crippen molar-refractivity contribution in [3.05, 3.63) is 45.6 Å². The minimum absolute atomic E-state index is 0.0808. The highest BCUT2D eigenvalue weighted by atomic mass is 32.2. The second-order valence-electron chi connectivity index (χ2n) is 4.20. The van der Waals surface area contributed by atoms with E-state index in [2.05, 4.69) is 14.9 Å². The molecule has 1 aromatic heterocycles. The number of aromatic nitrogens is 2. The molecular formula is C11H12N4O4S. The van der Waals surface area contributed by atoms with Gasteiger partial charge in [-0.05, 0) is 19.9 Å². The lowest BCUT2D eigenvalue weighted by atomic mass is 10.2. The predicted octanol–water partition coefficient (Wildman–Crippen LogP) is 1.74. The standard InChI is InChI=1S/C11H12N4O4S/c1-7-6-11(13-12-7)14-20(18,19)10-5-3-4-9(8(10)2)15(16)17/h3-6H,1-2H3,(H2,12,13,14). The summed E-state index contributed by atoms with van der Waals surface area (Å²) < 4.78 is 26.7. The molecule has 0 saturated carbocycles. The summed E-state index contributed by atoms with van der Waals surface area (Å²) in [5, 5.41) is 17.2. The molecule has 106 valence electrons. The first-order valence-corrected chi connectivity index (χ1v) is 7.08. The number of nitrogens with one attached hydrogen (secondary N) is 2. The van der Waals surface area contributed by atoms with Gasteiger partial charge in [0.1, 0.15) is 0 Å². The van der Waals surface area contributed by atoms with Crippen molar-refractivity contribution in [1.29, 1.82) is 0 Å². The van der Waals surface area contributed by atoms with Crippen LogP contribution >= 0.6 is 0 Å². The molecule has 9 heteroatoms. The maximum absolute atomic E-state index is 12.2. The number of nitro benzene ring substituents is 1. The Morgan fingerprint density at radius 2 is 2.05 bits per heavy atom. The highest BCUT2D eigenvalue weighted by molar-refractivity contribution is 7.92. The Morgan fingerprint density at radius 1 is 1.35 bits per heavy atom. The van der Waals surface area contributed by atoms with Gasteiger partial charge in [-0.3, -0.25) is 19.9 Å². The highest BCUT2D eigenvalue weighted by Gasteiger charge is 2.23. The Bertz CT molecular complexity index is 766. The largest absolute Gasteiger partial charge is 0.281 e. The molecule has 0 aliphatic rings. The van der Waals surface area contributed by atoms with E-state index in [0.29, 0.717) is 5.69 Å². The van der Waals surface area contributed by atoms with Crippen LogP contribution in [0.3, 0.4) is 0 Å². The number of nitrogens with zero attached hydrogens (tertiary/aromatic N) is 2. The minimum Gasteiger partial charge on any atom is -0.281 e. The highest BCUT2D eigenvalue weighted by Crippen LogP contribution is 2.26. The van der Waals surface area contributed by atoms with Crippen LogP contribution < -0.4 is 4.72 Å². The minimum atomic E-state index is -3.92. The summed E-state index contributed by atoms with van der Waals surface area (Å²) in [6.45, 7) is 3.12. The molecule has 0 atom stereocenters. The van der Waals surface area contributed by atoms with E-state index in [9.17, 15) is 18.5 Å². The molecule has 0 aliphatic heterocycles. The number of anilines is 1. The Morgan fingerprint density at radius 3 is 2.60 bits per heavy atom. The number of hydrogen-bond donors (Lipinski definition) is 2. The van der Waals surface area contributed by atoms with Crippen LogP contribution in [0.5, 0.6) is 0 Å². The van der Waals surface area contributed by atoms with Gasteiger partial charge in [0.05, 0.1) is 9.82 Å². The number of benzene rings is 1. The van der Waals surface area contributed by atoms with Crippen LogP contribution in [0.25, 0.3) is 0 Å². The van der Waals surface area contributed by atoms with E-state index in [1.165, 1.54) is 31.2 Å². The van der Waals surface area contributed by atoms with Crippen LogP contribution in [-0.2, 0) is 10.0 Å². The average Bonchev–Trinajstić information content (AvgIpc) is 2.73. The maximum Gasteiger partial charge on any atom is 0.273 e. The third kappa shape index (κ3) is 2.62. The number of hydrogen-bond acceptors (Lipinski definition) is 5. The van der Waals surface area contributed by atoms with Crippen LogP contribution in [0.2, 0.25) is 0 Å². The summed E-state index contributed by atoms with van der Waals surface area (Å²) in [5.74, 6) is 0.133. The molecule has 2 aromatic rings. The number of nitro groups is 1. The van der Waals surface area contributed by atoms with Crippen LogP contribution in [0, 0.1) is 24.0 Å². The van der Waals surface area contributed by atoms with E-state index < -0.39 is 14.9 Å². The van der Waals surface area contributed by atoms with E-state index in [1.807, 2.05) is 0 Å². The first-order valence-electron chi connectivity index (χ1n) is 5.60. The summed E-state index contributed by atoms with van der Waals surface area (Å²) in [7, 11) is -3.92. The SMILES string of the molecule is Cc1cc(NS(=O)(=O)c2cccc([N+](=O)[O-])c2C)n[nH]1. The Labute approximate surface area is 115 Å². The summed E-state index contributed by atoms with van der Waals surface area (Å²) >= 11 is 0. The molecule has 1 heterocycles. The second kappa shape index (κ2) is 4.93. The Kier molecular flexibility index (Phi) is 3.45. The summed E-state index contributed by atoms with van der Waals surface area (Å²) in [5.41, 5.74) is 0.529. The van der Waals surface area contributed by atoms with Crippen molar-refractivity contribution >= 4 is 21.5 Å². The van der Waals surface area contributed by atoms with E-state index in [-0.39, 0.29) is 22.0 Å². The summed E-state index contributed by atoms with van der Waals surface area (Å²) in [4.78, 5) is 10.1. The van der Waals surface area contributed by atoms with Crippen LogP contribution in [0.15, 0.2) is 29.2 Å². The molecule has 0 fully saturated rings. The van der Waals surface area contributed by atoms with Gasteiger partial charge < -0.3 is 0 Å². The van der Waals surface area contributed by atoms with Crippen molar-refractivity contribution < 1.29 is 13.3 Å². The van der Waals surface area contributed by atoms with Crippen molar-refractivity contribution in [3.63, 3.8) is 0 Å². The Balaban J connectivity index is 2.44. The van der Waals surface area contributed by atoms with Gasteiger partial charge >= 0.3 is 0 Å². The van der Waals surface area contributed by atoms with Gasteiger partial charge in [0.15, 0.2) is 5.82 Å². The number of sulfonamides is 1. The van der Waals surface area contributed by atoms with Crippen molar-refractivity contribution in [2.45, 2.75) is 18.7 Å². The zero-order valence-electron chi connectivity index (χ0n) is 10.7.